The molecule has 4 nitrogen and oxygen atoms in total. The molecule has 0 fully saturated rings. The molecule has 0 saturated heterocycles. The maximum atomic E-state index is 4.71. The van der Waals surface area contributed by atoms with E-state index >= 15 is 0 Å². The van der Waals surface area contributed by atoms with Gasteiger partial charge in [-0.05, 0) is 53.7 Å². The monoisotopic (exact) mass is 272 g/mol. The molecule has 4 heteroatoms. The Morgan fingerprint density at radius 1 is 0.700 bits per heavy atom. The standard InChI is InChI=1S/C16H24N4/c1-15(2,3)19-13-14(20-16(4,5)6)18-12-10-8-7-9-11(12)17-13/h7-10H,1-6H3,(H,17,19)(H,18,20). The van der Waals surface area contributed by atoms with E-state index in [1.807, 2.05) is 24.3 Å². The zero-order valence-corrected chi connectivity index (χ0v) is 13.2. The van der Waals surface area contributed by atoms with E-state index in [4.69, 9.17) is 9.97 Å². The summed E-state index contributed by atoms with van der Waals surface area (Å²) in [5, 5.41) is 6.86. The highest BCUT2D eigenvalue weighted by Gasteiger charge is 2.19. The average molecular weight is 272 g/mol. The van der Waals surface area contributed by atoms with Crippen LogP contribution in [-0.2, 0) is 0 Å². The fraction of sp³-hybridized carbons (Fsp3) is 0.500. The summed E-state index contributed by atoms with van der Waals surface area (Å²) in [6.45, 7) is 12.7. The minimum Gasteiger partial charge on any atom is -0.362 e. The molecule has 0 bridgehead atoms. The molecule has 0 unspecified atom stereocenters. The van der Waals surface area contributed by atoms with Crippen LogP contribution in [0.2, 0.25) is 0 Å². The summed E-state index contributed by atoms with van der Waals surface area (Å²) in [4.78, 5) is 9.42. The van der Waals surface area contributed by atoms with Crippen LogP contribution in [0, 0.1) is 0 Å². The van der Waals surface area contributed by atoms with Crippen LogP contribution in [0.3, 0.4) is 0 Å². The summed E-state index contributed by atoms with van der Waals surface area (Å²) < 4.78 is 0. The fourth-order valence-electron chi connectivity index (χ4n) is 1.88. The number of aromatic nitrogens is 2. The Morgan fingerprint density at radius 3 is 1.35 bits per heavy atom. The molecule has 1 aromatic heterocycles. The second-order valence-corrected chi connectivity index (χ2v) is 7.16. The van der Waals surface area contributed by atoms with Gasteiger partial charge in [-0.25, -0.2) is 9.97 Å². The van der Waals surface area contributed by atoms with E-state index < -0.39 is 0 Å². The van der Waals surface area contributed by atoms with Gasteiger partial charge in [-0.1, -0.05) is 12.1 Å². The highest BCUT2D eigenvalue weighted by molar-refractivity contribution is 5.80. The highest BCUT2D eigenvalue weighted by Crippen LogP contribution is 2.26. The highest BCUT2D eigenvalue weighted by atomic mass is 15.1. The molecule has 1 heterocycles. The van der Waals surface area contributed by atoms with Gasteiger partial charge in [0.05, 0.1) is 11.0 Å². The number of hydrogen-bond acceptors (Lipinski definition) is 4. The number of anilines is 2. The molecule has 2 aromatic rings. The fourth-order valence-corrected chi connectivity index (χ4v) is 1.88. The van der Waals surface area contributed by atoms with Crippen molar-refractivity contribution in [3.05, 3.63) is 24.3 Å². The predicted octanol–water partition coefficient (Wildman–Crippen LogP) is 4.05. The minimum atomic E-state index is -0.0640. The largest absolute Gasteiger partial charge is 0.362 e. The van der Waals surface area contributed by atoms with Crippen LogP contribution in [0.15, 0.2) is 24.3 Å². The van der Waals surface area contributed by atoms with E-state index in [9.17, 15) is 0 Å². The second kappa shape index (κ2) is 4.93. The topological polar surface area (TPSA) is 49.8 Å². The van der Waals surface area contributed by atoms with Crippen LogP contribution in [0.4, 0.5) is 11.6 Å². The lowest BCUT2D eigenvalue weighted by Gasteiger charge is -2.27. The quantitative estimate of drug-likeness (QED) is 0.866. The molecule has 1 aromatic carbocycles. The van der Waals surface area contributed by atoms with E-state index in [2.05, 4.69) is 52.2 Å². The van der Waals surface area contributed by atoms with Crippen LogP contribution in [0.1, 0.15) is 41.5 Å². The maximum Gasteiger partial charge on any atom is 0.170 e. The third-order valence-electron chi connectivity index (χ3n) is 2.56. The van der Waals surface area contributed by atoms with Gasteiger partial charge in [0.2, 0.25) is 0 Å². The molecule has 0 saturated carbocycles. The number of rotatable bonds is 2. The van der Waals surface area contributed by atoms with Gasteiger partial charge in [0, 0.05) is 11.1 Å². The zero-order valence-electron chi connectivity index (χ0n) is 13.2. The van der Waals surface area contributed by atoms with Gasteiger partial charge < -0.3 is 10.6 Å². The minimum absolute atomic E-state index is 0.0640. The van der Waals surface area contributed by atoms with Gasteiger partial charge in [-0.3, -0.25) is 0 Å². The van der Waals surface area contributed by atoms with Crippen molar-refractivity contribution in [3.8, 4) is 0 Å². The summed E-state index contributed by atoms with van der Waals surface area (Å²) in [5.74, 6) is 1.59. The Balaban J connectivity index is 2.52. The first-order chi connectivity index (χ1) is 9.14. The lowest BCUT2D eigenvalue weighted by molar-refractivity contribution is 0.619. The Kier molecular flexibility index (Phi) is 3.59. The molecule has 0 aliphatic carbocycles. The van der Waals surface area contributed by atoms with Crippen molar-refractivity contribution in [3.63, 3.8) is 0 Å². The van der Waals surface area contributed by atoms with Gasteiger partial charge in [0.15, 0.2) is 11.6 Å². The summed E-state index contributed by atoms with van der Waals surface area (Å²) in [7, 11) is 0. The van der Waals surface area contributed by atoms with E-state index in [1.54, 1.807) is 0 Å². The Bertz CT molecular complexity index is 551. The van der Waals surface area contributed by atoms with Gasteiger partial charge in [-0.2, -0.15) is 0 Å². The summed E-state index contributed by atoms with van der Waals surface area (Å²) in [6, 6.07) is 7.93. The van der Waals surface area contributed by atoms with Crippen LogP contribution < -0.4 is 10.6 Å². The van der Waals surface area contributed by atoms with E-state index in [1.165, 1.54) is 0 Å². The SMILES string of the molecule is CC(C)(C)Nc1nc2ccccc2nc1NC(C)(C)C. The number of para-hydroxylation sites is 2. The molecule has 2 rings (SSSR count). The lowest BCUT2D eigenvalue weighted by Crippen LogP contribution is -2.31. The Morgan fingerprint density at radius 2 is 1.05 bits per heavy atom. The van der Waals surface area contributed by atoms with Gasteiger partial charge >= 0.3 is 0 Å². The van der Waals surface area contributed by atoms with Gasteiger partial charge in [-0.15, -0.1) is 0 Å². The molecular formula is C16H24N4. The smallest absolute Gasteiger partial charge is 0.170 e. The maximum absolute atomic E-state index is 4.71. The lowest BCUT2D eigenvalue weighted by atomic mass is 10.1. The zero-order chi connectivity index (χ0) is 15.0. The molecule has 2 N–H and O–H groups in total. The molecule has 0 spiro atoms. The van der Waals surface area contributed by atoms with Crippen LogP contribution in [-0.4, -0.2) is 21.0 Å². The Hall–Kier alpha value is -1.84. The number of fused-ring (bicyclic) bond motifs is 1. The second-order valence-electron chi connectivity index (χ2n) is 7.16. The van der Waals surface area contributed by atoms with Crippen molar-refractivity contribution in [1.82, 2.24) is 9.97 Å². The van der Waals surface area contributed by atoms with Crippen LogP contribution in [0.5, 0.6) is 0 Å². The summed E-state index contributed by atoms with van der Waals surface area (Å²) >= 11 is 0. The van der Waals surface area contributed by atoms with Crippen molar-refractivity contribution < 1.29 is 0 Å². The van der Waals surface area contributed by atoms with Crippen molar-refractivity contribution in [1.29, 1.82) is 0 Å². The Labute approximate surface area is 121 Å². The predicted molar refractivity (Wildman–Crippen MR) is 86.3 cm³/mol. The molecule has 0 atom stereocenters. The van der Waals surface area contributed by atoms with Gasteiger partial charge in [0.1, 0.15) is 0 Å². The third-order valence-corrected chi connectivity index (χ3v) is 2.56. The number of benzene rings is 1. The molecule has 108 valence electrons. The number of nitrogens with one attached hydrogen (secondary N) is 2. The van der Waals surface area contributed by atoms with Crippen LogP contribution in [0.25, 0.3) is 11.0 Å². The summed E-state index contributed by atoms with van der Waals surface area (Å²) in [6.07, 6.45) is 0. The number of hydrogen-bond donors (Lipinski definition) is 2. The first-order valence-electron chi connectivity index (χ1n) is 6.97. The van der Waals surface area contributed by atoms with Crippen molar-refractivity contribution >= 4 is 22.7 Å². The molecule has 0 amide bonds. The van der Waals surface area contributed by atoms with Crippen molar-refractivity contribution in [2.75, 3.05) is 10.6 Å². The van der Waals surface area contributed by atoms with Crippen molar-refractivity contribution in [2.24, 2.45) is 0 Å². The first-order valence-corrected chi connectivity index (χ1v) is 6.97. The molecule has 0 radical (unpaired) electrons. The first kappa shape index (κ1) is 14.6. The van der Waals surface area contributed by atoms with Crippen LogP contribution >= 0.6 is 0 Å². The normalized spacial score (nSPS) is 12.5. The van der Waals surface area contributed by atoms with Gasteiger partial charge in [0.25, 0.3) is 0 Å². The van der Waals surface area contributed by atoms with E-state index in [0.717, 1.165) is 22.7 Å². The molecule has 0 aliphatic heterocycles. The van der Waals surface area contributed by atoms with Crippen molar-refractivity contribution in [2.45, 2.75) is 52.6 Å². The summed E-state index contributed by atoms with van der Waals surface area (Å²) in [5.41, 5.74) is 1.68. The molecular weight excluding hydrogens is 248 g/mol. The van der Waals surface area contributed by atoms with E-state index in [0.29, 0.717) is 0 Å². The number of nitrogens with zero attached hydrogens (tertiary/aromatic N) is 2. The van der Waals surface area contributed by atoms with E-state index in [-0.39, 0.29) is 11.1 Å². The molecule has 0 aliphatic rings. The molecule has 20 heavy (non-hydrogen) atoms. The third kappa shape index (κ3) is 3.83. The average Bonchev–Trinajstić information content (AvgIpc) is 2.26.